The Kier molecular flexibility index (Phi) is 14.1. The molecule has 0 spiro atoms. The van der Waals surface area contributed by atoms with Gasteiger partial charge in [0.1, 0.15) is 17.4 Å². The Morgan fingerprint density at radius 2 is 2.12 bits per heavy atom. The van der Waals surface area contributed by atoms with Crippen LogP contribution in [-0.4, -0.2) is 36.8 Å². The van der Waals surface area contributed by atoms with Gasteiger partial charge in [0.15, 0.2) is 17.8 Å². The Morgan fingerprint density at radius 3 is 2.77 bits per heavy atom. The fraction of sp³-hybridized carbons (Fsp3) is 0.387. The van der Waals surface area contributed by atoms with E-state index in [1.165, 1.54) is 37.6 Å². The molecule has 1 aliphatic carbocycles. The lowest BCUT2D eigenvalue weighted by Crippen LogP contribution is -2.25. The molecule has 1 aromatic heterocycles. The number of rotatable bonds is 11. The number of nitrogens with one attached hydrogen (secondary N) is 2. The quantitative estimate of drug-likeness (QED) is 0.223. The molecule has 2 heterocycles. The number of carbonyl (C=O) groups is 1. The minimum Gasteiger partial charge on any atom is -0.493 e. The highest BCUT2D eigenvalue weighted by molar-refractivity contribution is 5.97. The van der Waals surface area contributed by atoms with Gasteiger partial charge in [-0.25, -0.2) is 13.8 Å². The zero-order chi connectivity index (χ0) is 29.3. The fourth-order valence-corrected chi connectivity index (χ4v) is 3.55. The molecule has 4 rings (SSSR count). The van der Waals surface area contributed by atoms with Crippen molar-refractivity contribution < 1.29 is 22.7 Å². The van der Waals surface area contributed by atoms with Crippen LogP contribution in [0.5, 0.6) is 5.75 Å². The first-order valence-corrected chi connectivity index (χ1v) is 13.6. The molecule has 2 aromatic rings. The van der Waals surface area contributed by atoms with Gasteiger partial charge in [-0.2, -0.15) is 0 Å². The van der Waals surface area contributed by atoms with Crippen LogP contribution < -0.4 is 15.4 Å². The first-order valence-electron chi connectivity index (χ1n) is 13.6. The number of aliphatic imine (C=N–C) groups is 1. The largest absolute Gasteiger partial charge is 0.493 e. The van der Waals surface area contributed by atoms with Crippen LogP contribution in [0, 0.1) is 12.8 Å². The second-order valence-electron chi connectivity index (χ2n) is 8.95. The van der Waals surface area contributed by atoms with Crippen molar-refractivity contribution in [2.24, 2.45) is 10.9 Å². The molecule has 7 nitrogen and oxygen atoms in total. The van der Waals surface area contributed by atoms with E-state index >= 15 is 0 Å². The molecule has 2 aliphatic rings. The van der Waals surface area contributed by atoms with Crippen LogP contribution in [0.15, 0.2) is 82.4 Å². The van der Waals surface area contributed by atoms with E-state index in [9.17, 15) is 13.6 Å². The Hall–Kier alpha value is -4.01. The van der Waals surface area contributed by atoms with E-state index in [0.29, 0.717) is 31.1 Å². The number of aromatic nitrogens is 1. The number of carbonyl (C=O) groups excluding carboxylic acids is 1. The molecule has 0 unspecified atom stereocenters. The predicted molar refractivity (Wildman–Crippen MR) is 157 cm³/mol. The van der Waals surface area contributed by atoms with Gasteiger partial charge in [0.2, 0.25) is 0 Å². The normalized spacial score (nSPS) is 14.5. The van der Waals surface area contributed by atoms with E-state index in [1.54, 1.807) is 13.1 Å². The van der Waals surface area contributed by atoms with Crippen molar-refractivity contribution in [3.63, 3.8) is 0 Å². The molecular weight excluding hydrogens is 514 g/mol. The number of halogens is 2. The maximum absolute atomic E-state index is 13.3. The van der Waals surface area contributed by atoms with Crippen LogP contribution in [0.25, 0.3) is 11.3 Å². The summed E-state index contributed by atoms with van der Waals surface area (Å²) in [5.41, 5.74) is 2.92. The number of nitrogens with zero attached hydrogens (tertiary/aromatic N) is 2. The summed E-state index contributed by atoms with van der Waals surface area (Å²) in [6.07, 6.45) is 12.2. The van der Waals surface area contributed by atoms with E-state index < -0.39 is 0 Å². The molecule has 216 valence electrons. The number of dihydropyridines is 1. The molecule has 0 saturated heterocycles. The number of hydrogen-bond acceptors (Lipinski definition) is 6. The van der Waals surface area contributed by atoms with Gasteiger partial charge in [0, 0.05) is 24.5 Å². The monoisotopic (exact) mass is 554 g/mol. The van der Waals surface area contributed by atoms with E-state index in [-0.39, 0.29) is 29.8 Å². The van der Waals surface area contributed by atoms with Crippen molar-refractivity contribution >= 4 is 12.1 Å². The van der Waals surface area contributed by atoms with Crippen LogP contribution in [0.3, 0.4) is 0 Å². The maximum atomic E-state index is 13.3. The summed E-state index contributed by atoms with van der Waals surface area (Å²) in [7, 11) is 0. The van der Waals surface area contributed by atoms with Crippen LogP contribution >= 0.6 is 0 Å². The van der Waals surface area contributed by atoms with Crippen molar-refractivity contribution in [2.45, 2.75) is 53.4 Å². The zero-order valence-electron chi connectivity index (χ0n) is 23.8. The highest BCUT2D eigenvalue weighted by atomic mass is 19.1. The van der Waals surface area contributed by atoms with Crippen molar-refractivity contribution in [2.75, 3.05) is 19.7 Å². The lowest BCUT2D eigenvalue weighted by atomic mass is 10.1. The summed E-state index contributed by atoms with van der Waals surface area (Å²) in [5, 5.41) is 5.75. The van der Waals surface area contributed by atoms with Gasteiger partial charge < -0.3 is 19.8 Å². The SMILES string of the molecule is C=CN=C/C(F)=C\C.CC.Cc1cc(-c2ocnc2C(=O)NCCCC2=CNCC(F)=C2)ccc1OCC1CC1. The highest BCUT2D eigenvalue weighted by Crippen LogP contribution is 2.32. The molecular formula is C31H40F2N4O3. The number of hydrogen-bond donors (Lipinski definition) is 2. The number of amides is 1. The van der Waals surface area contributed by atoms with E-state index in [2.05, 4.69) is 27.2 Å². The van der Waals surface area contributed by atoms with Gasteiger partial charge >= 0.3 is 0 Å². The van der Waals surface area contributed by atoms with E-state index in [4.69, 9.17) is 9.15 Å². The number of allylic oxidation sites excluding steroid dienone is 4. The molecule has 9 heteroatoms. The van der Waals surface area contributed by atoms with Crippen LogP contribution in [0.4, 0.5) is 8.78 Å². The van der Waals surface area contributed by atoms with E-state index in [0.717, 1.165) is 35.3 Å². The molecule has 0 atom stereocenters. The lowest BCUT2D eigenvalue weighted by Gasteiger charge is -2.11. The number of aryl methyl sites for hydroxylation is 1. The van der Waals surface area contributed by atoms with Crippen LogP contribution in [-0.2, 0) is 0 Å². The molecule has 0 radical (unpaired) electrons. The second kappa shape index (κ2) is 17.6. The Bertz CT molecular complexity index is 1230. The Labute approximate surface area is 235 Å². The summed E-state index contributed by atoms with van der Waals surface area (Å²) in [6, 6.07) is 5.74. The average Bonchev–Trinajstić information content (AvgIpc) is 3.67. The maximum Gasteiger partial charge on any atom is 0.273 e. The topological polar surface area (TPSA) is 88.8 Å². The Balaban J connectivity index is 0.000000484. The smallest absolute Gasteiger partial charge is 0.273 e. The van der Waals surface area contributed by atoms with E-state index in [1.807, 2.05) is 39.0 Å². The lowest BCUT2D eigenvalue weighted by molar-refractivity contribution is 0.0949. The third-order valence-corrected chi connectivity index (χ3v) is 5.80. The first-order chi connectivity index (χ1) is 19.4. The van der Waals surface area contributed by atoms with Crippen molar-refractivity contribution in [3.8, 4) is 17.1 Å². The summed E-state index contributed by atoms with van der Waals surface area (Å²) in [5.74, 6) is 1.17. The molecule has 2 N–H and O–H groups in total. The van der Waals surface area contributed by atoms with Gasteiger partial charge in [0.05, 0.1) is 19.4 Å². The molecule has 1 saturated carbocycles. The Morgan fingerprint density at radius 1 is 1.35 bits per heavy atom. The second-order valence-corrected chi connectivity index (χ2v) is 8.95. The van der Waals surface area contributed by atoms with Crippen molar-refractivity contribution in [3.05, 3.63) is 84.2 Å². The number of oxazole rings is 1. The molecule has 1 aromatic carbocycles. The van der Waals surface area contributed by atoms with Gasteiger partial charge in [-0.15, -0.1) is 0 Å². The molecule has 1 aliphatic heterocycles. The average molecular weight is 555 g/mol. The zero-order valence-corrected chi connectivity index (χ0v) is 23.8. The van der Waals surface area contributed by atoms with Gasteiger partial charge in [-0.05, 0) is 80.9 Å². The minimum absolute atomic E-state index is 0.178. The highest BCUT2D eigenvalue weighted by Gasteiger charge is 2.23. The summed E-state index contributed by atoms with van der Waals surface area (Å²) < 4.78 is 36.6. The summed E-state index contributed by atoms with van der Waals surface area (Å²) in [6.45, 7) is 12.3. The van der Waals surface area contributed by atoms with Gasteiger partial charge in [-0.3, -0.25) is 9.79 Å². The predicted octanol–water partition coefficient (Wildman–Crippen LogP) is 7.39. The van der Waals surface area contributed by atoms with Gasteiger partial charge in [-0.1, -0.05) is 26.5 Å². The van der Waals surface area contributed by atoms with Gasteiger partial charge in [0.25, 0.3) is 5.91 Å². The number of benzene rings is 1. The molecule has 40 heavy (non-hydrogen) atoms. The van der Waals surface area contributed by atoms with Crippen molar-refractivity contribution in [1.82, 2.24) is 15.6 Å². The standard InChI is InChI=1S/C23H26FN3O3.C6H8FN.C2H6/c1-15-9-18(6-7-20(15)29-13-16-4-5-16)22-21(27-14-30-22)23(28)26-8-2-3-17-10-19(24)12-25-11-17;1-3-6(7)5-8-4-2;1-2/h6-7,9-11,14,16,25H,2-5,8,12-13H2,1H3,(H,26,28);3-5H,2H2,1H3;1-2H3/b;6-3+,8-5?;. The number of ether oxygens (including phenoxy) is 1. The fourth-order valence-electron chi connectivity index (χ4n) is 3.55. The van der Waals surface area contributed by atoms with Crippen molar-refractivity contribution in [1.29, 1.82) is 0 Å². The minimum atomic E-state index is -0.343. The van der Waals surface area contributed by atoms with Crippen LogP contribution in [0.1, 0.15) is 62.5 Å². The summed E-state index contributed by atoms with van der Waals surface area (Å²) in [4.78, 5) is 20.1. The summed E-state index contributed by atoms with van der Waals surface area (Å²) >= 11 is 0. The molecule has 1 amide bonds. The third-order valence-electron chi connectivity index (χ3n) is 5.80. The molecule has 0 bridgehead atoms. The third kappa shape index (κ3) is 11.0. The molecule has 1 fully saturated rings. The first kappa shape index (κ1) is 32.2. The van der Waals surface area contributed by atoms with Crippen LogP contribution in [0.2, 0.25) is 0 Å².